The third-order valence-electron chi connectivity index (χ3n) is 6.57. The second-order valence-electron chi connectivity index (χ2n) is 8.65. The predicted molar refractivity (Wildman–Crippen MR) is 141 cm³/mol. The molecule has 3 heterocycles. The third-order valence-corrected chi connectivity index (χ3v) is 6.89. The number of benzene rings is 2. The van der Waals surface area contributed by atoms with Crippen molar-refractivity contribution in [3.8, 4) is 11.4 Å². The molecule has 1 aliphatic heterocycles. The van der Waals surface area contributed by atoms with Crippen LogP contribution in [0, 0.1) is 20.8 Å². The molecular weight excluding hydrogens is 440 g/mol. The number of pyridine rings is 1. The molecule has 4 aromatic rings. The Morgan fingerprint density at radius 2 is 1.74 bits per heavy atom. The van der Waals surface area contributed by atoms with Crippen molar-refractivity contribution >= 4 is 23.0 Å². The van der Waals surface area contributed by atoms with Gasteiger partial charge in [-0.2, -0.15) is 0 Å². The molecule has 1 aliphatic rings. The van der Waals surface area contributed by atoms with Crippen LogP contribution in [0.25, 0.3) is 5.69 Å². The molecule has 0 saturated carbocycles. The Morgan fingerprint density at radius 3 is 2.47 bits per heavy atom. The average Bonchev–Trinajstić information content (AvgIpc) is 3.35. The van der Waals surface area contributed by atoms with Gasteiger partial charge in [-0.15, -0.1) is 0 Å². The molecule has 0 aliphatic carbocycles. The van der Waals surface area contributed by atoms with Crippen LogP contribution >= 0.6 is 12.2 Å². The second-order valence-corrected chi connectivity index (χ2v) is 9.03. The summed E-state index contributed by atoms with van der Waals surface area (Å²) in [6, 6.07) is 24.7. The number of methoxy groups -OCH3 is 1. The Hall–Kier alpha value is -3.64. The number of rotatable bonds is 5. The highest BCUT2D eigenvalue weighted by molar-refractivity contribution is 7.80. The van der Waals surface area contributed by atoms with Crippen LogP contribution in [0.15, 0.2) is 79.0 Å². The predicted octanol–water partition coefficient (Wildman–Crippen LogP) is 5.98. The van der Waals surface area contributed by atoms with Gasteiger partial charge in [-0.25, -0.2) is 0 Å². The molecule has 2 aromatic heterocycles. The van der Waals surface area contributed by atoms with Crippen LogP contribution in [-0.2, 0) is 0 Å². The van der Waals surface area contributed by atoms with Crippen molar-refractivity contribution in [1.82, 2.24) is 14.9 Å². The molecule has 5 rings (SSSR count). The minimum Gasteiger partial charge on any atom is -0.497 e. The summed E-state index contributed by atoms with van der Waals surface area (Å²) in [5, 5.41) is 4.23. The van der Waals surface area contributed by atoms with Crippen LogP contribution in [0.2, 0.25) is 0 Å². The van der Waals surface area contributed by atoms with Crippen molar-refractivity contribution in [2.24, 2.45) is 0 Å². The van der Waals surface area contributed by atoms with E-state index >= 15 is 0 Å². The molecule has 0 unspecified atom stereocenters. The van der Waals surface area contributed by atoms with Crippen molar-refractivity contribution in [2.75, 3.05) is 12.0 Å². The first-order valence-corrected chi connectivity index (χ1v) is 11.8. The number of hydrogen-bond acceptors (Lipinski definition) is 3. The first-order valence-electron chi connectivity index (χ1n) is 11.4. The van der Waals surface area contributed by atoms with E-state index in [-0.39, 0.29) is 12.1 Å². The monoisotopic (exact) mass is 468 g/mol. The van der Waals surface area contributed by atoms with Crippen molar-refractivity contribution in [3.05, 3.63) is 107 Å². The number of anilines is 1. The Balaban J connectivity index is 1.70. The van der Waals surface area contributed by atoms with Gasteiger partial charge in [0.2, 0.25) is 0 Å². The quantitative estimate of drug-likeness (QED) is 0.365. The highest BCUT2D eigenvalue weighted by atomic mass is 32.1. The average molecular weight is 469 g/mol. The van der Waals surface area contributed by atoms with Gasteiger partial charge in [0.25, 0.3) is 0 Å². The molecule has 2 aromatic carbocycles. The Labute approximate surface area is 206 Å². The van der Waals surface area contributed by atoms with Gasteiger partial charge < -0.3 is 19.5 Å². The number of para-hydroxylation sites is 1. The number of nitrogens with zero attached hydrogens (tertiary/aromatic N) is 3. The van der Waals surface area contributed by atoms with E-state index in [1.807, 2.05) is 36.5 Å². The van der Waals surface area contributed by atoms with Gasteiger partial charge >= 0.3 is 0 Å². The van der Waals surface area contributed by atoms with Gasteiger partial charge in [-0.05, 0) is 80.5 Å². The highest BCUT2D eigenvalue weighted by Crippen LogP contribution is 2.44. The molecule has 34 heavy (non-hydrogen) atoms. The minimum atomic E-state index is -0.0919. The number of ether oxygens (including phenoxy) is 1. The number of thiocarbonyl (C=S) groups is 1. The van der Waals surface area contributed by atoms with E-state index in [1.165, 1.54) is 28.2 Å². The molecular formula is C28H28N4OS. The van der Waals surface area contributed by atoms with Crippen molar-refractivity contribution < 1.29 is 4.74 Å². The lowest BCUT2D eigenvalue weighted by Gasteiger charge is -2.28. The minimum absolute atomic E-state index is 0.0709. The lowest BCUT2D eigenvalue weighted by Crippen LogP contribution is -2.29. The van der Waals surface area contributed by atoms with Gasteiger partial charge in [0.05, 0.1) is 24.9 Å². The van der Waals surface area contributed by atoms with E-state index < -0.39 is 0 Å². The Kier molecular flexibility index (Phi) is 5.84. The molecule has 172 valence electrons. The maximum absolute atomic E-state index is 5.89. The zero-order valence-corrected chi connectivity index (χ0v) is 20.6. The standard InChI is InChI=1S/C28H28N4OS/c1-18-10-5-6-14-25(18)31-19(2)16-23(20(31)3)27-26(24-13-7-8-15-29-24)30-28(34)32(27)21-11-9-12-22(17-21)33-4/h5-17,26-27H,1-4H3,(H,30,34)/t26-,27+/m0/s1. The summed E-state index contributed by atoms with van der Waals surface area (Å²) in [4.78, 5) is 6.88. The van der Waals surface area contributed by atoms with Crippen molar-refractivity contribution in [2.45, 2.75) is 32.9 Å². The summed E-state index contributed by atoms with van der Waals surface area (Å²) in [7, 11) is 1.68. The van der Waals surface area contributed by atoms with Crippen LogP contribution in [0.3, 0.4) is 0 Å². The molecule has 1 fully saturated rings. The first-order chi connectivity index (χ1) is 16.5. The normalized spacial score (nSPS) is 17.6. The summed E-state index contributed by atoms with van der Waals surface area (Å²) >= 11 is 5.89. The second kappa shape index (κ2) is 8.95. The van der Waals surface area contributed by atoms with Crippen LogP contribution < -0.4 is 15.0 Å². The molecule has 1 N–H and O–H groups in total. The number of hydrogen-bond donors (Lipinski definition) is 1. The maximum Gasteiger partial charge on any atom is 0.174 e. The highest BCUT2D eigenvalue weighted by Gasteiger charge is 2.42. The van der Waals surface area contributed by atoms with Crippen LogP contribution in [0.5, 0.6) is 5.75 Å². The van der Waals surface area contributed by atoms with E-state index in [2.05, 4.69) is 83.0 Å². The van der Waals surface area contributed by atoms with Gasteiger partial charge in [-0.3, -0.25) is 4.98 Å². The molecule has 0 spiro atoms. The lowest BCUT2D eigenvalue weighted by atomic mass is 9.96. The number of aromatic nitrogens is 2. The molecule has 5 nitrogen and oxygen atoms in total. The molecule has 0 radical (unpaired) electrons. The smallest absolute Gasteiger partial charge is 0.174 e. The summed E-state index contributed by atoms with van der Waals surface area (Å²) in [5.41, 5.74) is 7.97. The summed E-state index contributed by atoms with van der Waals surface area (Å²) in [5.74, 6) is 0.797. The first kappa shape index (κ1) is 22.2. The third kappa shape index (κ3) is 3.74. The zero-order chi connectivity index (χ0) is 23.8. The van der Waals surface area contributed by atoms with Gasteiger partial charge in [0, 0.05) is 35.0 Å². The number of aryl methyl sites for hydroxylation is 2. The van der Waals surface area contributed by atoms with Crippen LogP contribution in [0.1, 0.15) is 40.3 Å². The maximum atomic E-state index is 5.89. The summed E-state index contributed by atoms with van der Waals surface area (Å²) in [6.45, 7) is 6.50. The Bertz CT molecular complexity index is 1350. The summed E-state index contributed by atoms with van der Waals surface area (Å²) in [6.07, 6.45) is 1.84. The topological polar surface area (TPSA) is 42.3 Å². The van der Waals surface area contributed by atoms with Crippen LogP contribution in [-0.4, -0.2) is 21.8 Å². The van der Waals surface area contributed by atoms with Crippen molar-refractivity contribution in [1.29, 1.82) is 0 Å². The van der Waals surface area contributed by atoms with E-state index in [0.29, 0.717) is 5.11 Å². The lowest BCUT2D eigenvalue weighted by molar-refractivity contribution is 0.415. The Morgan fingerprint density at radius 1 is 0.941 bits per heavy atom. The molecule has 6 heteroatoms. The van der Waals surface area contributed by atoms with Crippen LogP contribution in [0.4, 0.5) is 5.69 Å². The largest absolute Gasteiger partial charge is 0.497 e. The molecule has 0 amide bonds. The zero-order valence-electron chi connectivity index (χ0n) is 19.8. The van der Waals surface area contributed by atoms with Gasteiger partial charge in [0.15, 0.2) is 5.11 Å². The van der Waals surface area contributed by atoms with E-state index in [1.54, 1.807) is 7.11 Å². The number of nitrogens with one attached hydrogen (secondary N) is 1. The van der Waals surface area contributed by atoms with E-state index in [4.69, 9.17) is 17.0 Å². The fourth-order valence-electron chi connectivity index (χ4n) is 4.98. The SMILES string of the molecule is COc1cccc(N2C(=S)N[C@@H](c3ccccn3)[C@H]2c2cc(C)n(-c3ccccc3C)c2C)c1. The fraction of sp³-hybridized carbons (Fsp3) is 0.214. The van der Waals surface area contributed by atoms with Gasteiger partial charge in [0.1, 0.15) is 5.75 Å². The van der Waals surface area contributed by atoms with Gasteiger partial charge in [-0.1, -0.05) is 30.3 Å². The molecule has 2 atom stereocenters. The van der Waals surface area contributed by atoms with E-state index in [9.17, 15) is 0 Å². The molecule has 1 saturated heterocycles. The fourth-order valence-corrected chi connectivity index (χ4v) is 5.33. The molecule has 0 bridgehead atoms. The van der Waals surface area contributed by atoms with Crippen molar-refractivity contribution in [3.63, 3.8) is 0 Å². The van der Waals surface area contributed by atoms with E-state index in [0.717, 1.165) is 17.1 Å². The summed E-state index contributed by atoms with van der Waals surface area (Å²) < 4.78 is 7.85.